The number of likely N-dealkylation sites (tertiary alicyclic amines) is 1. The van der Waals surface area contributed by atoms with Gasteiger partial charge < -0.3 is 25.1 Å². The summed E-state index contributed by atoms with van der Waals surface area (Å²) < 4.78 is 5.32. The molecule has 0 aliphatic carbocycles. The van der Waals surface area contributed by atoms with Gasteiger partial charge >= 0.3 is 0 Å². The standard InChI is InChI=1S/C18H19N3O4/c22-11-12-5-6-15(25-12)16(23)21-9-7-18(8-10-21)17(24)19-13-3-1-2-4-14(13)20-18/h1-6,20,22H,7-11H2,(H,19,24). The van der Waals surface area contributed by atoms with E-state index >= 15 is 0 Å². The molecule has 3 heterocycles. The van der Waals surface area contributed by atoms with Crippen LogP contribution >= 0.6 is 0 Å². The number of para-hydroxylation sites is 2. The Labute approximate surface area is 144 Å². The summed E-state index contributed by atoms with van der Waals surface area (Å²) in [5.74, 6) is 0.304. The lowest BCUT2D eigenvalue weighted by molar-refractivity contribution is -0.122. The molecule has 1 aromatic heterocycles. The molecule has 0 saturated carbocycles. The molecule has 0 bridgehead atoms. The van der Waals surface area contributed by atoms with Crippen molar-refractivity contribution in [3.8, 4) is 0 Å². The Morgan fingerprint density at radius 1 is 1.16 bits per heavy atom. The third-order valence-electron chi connectivity index (χ3n) is 4.92. The number of anilines is 2. The maximum absolute atomic E-state index is 12.6. The van der Waals surface area contributed by atoms with Crippen molar-refractivity contribution in [2.45, 2.75) is 25.0 Å². The molecule has 2 amide bonds. The number of nitrogens with one attached hydrogen (secondary N) is 2. The molecule has 7 nitrogen and oxygen atoms in total. The molecule has 1 fully saturated rings. The van der Waals surface area contributed by atoms with Crippen molar-refractivity contribution in [3.05, 3.63) is 47.9 Å². The van der Waals surface area contributed by atoms with Crippen molar-refractivity contribution in [2.24, 2.45) is 0 Å². The van der Waals surface area contributed by atoms with E-state index in [4.69, 9.17) is 9.52 Å². The number of aliphatic hydroxyl groups excluding tert-OH is 1. The Morgan fingerprint density at radius 2 is 1.88 bits per heavy atom. The van der Waals surface area contributed by atoms with Crippen molar-refractivity contribution < 1.29 is 19.1 Å². The summed E-state index contributed by atoms with van der Waals surface area (Å²) in [6, 6.07) is 10.8. The van der Waals surface area contributed by atoms with Gasteiger partial charge in [0.15, 0.2) is 5.76 Å². The Bertz CT molecular complexity index is 821. The number of hydrogen-bond donors (Lipinski definition) is 3. The fourth-order valence-electron chi connectivity index (χ4n) is 3.43. The van der Waals surface area contributed by atoms with E-state index in [0.29, 0.717) is 31.7 Å². The molecule has 7 heteroatoms. The number of aliphatic hydroxyl groups is 1. The average Bonchev–Trinajstić information content (AvgIpc) is 3.12. The summed E-state index contributed by atoms with van der Waals surface area (Å²) in [5.41, 5.74) is 0.995. The van der Waals surface area contributed by atoms with Crippen LogP contribution < -0.4 is 10.6 Å². The Morgan fingerprint density at radius 3 is 2.56 bits per heavy atom. The second-order valence-electron chi connectivity index (χ2n) is 6.42. The molecule has 2 aliphatic heterocycles. The van der Waals surface area contributed by atoms with Crippen molar-refractivity contribution in [1.29, 1.82) is 0 Å². The first-order valence-electron chi connectivity index (χ1n) is 8.29. The Kier molecular flexibility index (Phi) is 3.73. The molecule has 1 aromatic carbocycles. The highest BCUT2D eigenvalue weighted by Crippen LogP contribution is 2.36. The lowest BCUT2D eigenvalue weighted by atomic mass is 9.84. The van der Waals surface area contributed by atoms with E-state index < -0.39 is 5.54 Å². The number of amides is 2. The van der Waals surface area contributed by atoms with E-state index in [1.165, 1.54) is 0 Å². The fraction of sp³-hybridized carbons (Fsp3) is 0.333. The summed E-state index contributed by atoms with van der Waals surface area (Å²) in [7, 11) is 0. The van der Waals surface area contributed by atoms with Gasteiger partial charge in [0.05, 0.1) is 11.4 Å². The molecule has 25 heavy (non-hydrogen) atoms. The number of hydrogen-bond acceptors (Lipinski definition) is 5. The first-order chi connectivity index (χ1) is 12.1. The minimum Gasteiger partial charge on any atom is -0.453 e. The van der Waals surface area contributed by atoms with Gasteiger partial charge in [-0.3, -0.25) is 9.59 Å². The normalized spacial score (nSPS) is 18.4. The lowest BCUT2D eigenvalue weighted by Crippen LogP contribution is -2.59. The molecule has 1 spiro atoms. The minimum atomic E-state index is -0.690. The zero-order valence-electron chi connectivity index (χ0n) is 13.6. The van der Waals surface area contributed by atoms with Gasteiger partial charge in [-0.1, -0.05) is 12.1 Å². The number of rotatable bonds is 2. The summed E-state index contributed by atoms with van der Waals surface area (Å²) in [6.45, 7) is 0.674. The quantitative estimate of drug-likeness (QED) is 0.774. The van der Waals surface area contributed by atoms with Gasteiger partial charge in [-0.25, -0.2) is 0 Å². The number of carbonyl (C=O) groups is 2. The molecule has 0 unspecified atom stereocenters. The molecule has 0 radical (unpaired) electrons. The predicted molar refractivity (Wildman–Crippen MR) is 91.2 cm³/mol. The molecule has 0 atom stereocenters. The topological polar surface area (TPSA) is 94.8 Å². The van der Waals surface area contributed by atoms with E-state index in [1.807, 2.05) is 24.3 Å². The lowest BCUT2D eigenvalue weighted by Gasteiger charge is -2.44. The summed E-state index contributed by atoms with van der Waals surface area (Å²) in [5, 5.41) is 15.4. The molecular weight excluding hydrogens is 322 g/mol. The fourth-order valence-corrected chi connectivity index (χ4v) is 3.43. The molecular formula is C18H19N3O4. The van der Waals surface area contributed by atoms with Gasteiger partial charge in [0.25, 0.3) is 5.91 Å². The van der Waals surface area contributed by atoms with Crippen LogP contribution in [0.4, 0.5) is 11.4 Å². The summed E-state index contributed by atoms with van der Waals surface area (Å²) >= 11 is 0. The predicted octanol–water partition coefficient (Wildman–Crippen LogP) is 1.81. The van der Waals surface area contributed by atoms with Crippen molar-refractivity contribution in [3.63, 3.8) is 0 Å². The first-order valence-corrected chi connectivity index (χ1v) is 8.29. The third kappa shape index (κ3) is 2.66. The van der Waals surface area contributed by atoms with Crippen LogP contribution in [0.25, 0.3) is 0 Å². The highest BCUT2D eigenvalue weighted by atomic mass is 16.4. The zero-order valence-corrected chi connectivity index (χ0v) is 13.6. The van der Waals surface area contributed by atoms with Crippen LogP contribution in [0.15, 0.2) is 40.8 Å². The highest BCUT2D eigenvalue weighted by Gasteiger charge is 2.45. The zero-order chi connectivity index (χ0) is 17.4. The number of piperidine rings is 1. The monoisotopic (exact) mass is 341 g/mol. The molecule has 130 valence electrons. The van der Waals surface area contributed by atoms with Gasteiger partial charge in [-0.05, 0) is 37.1 Å². The van der Waals surface area contributed by atoms with E-state index in [1.54, 1.807) is 17.0 Å². The van der Waals surface area contributed by atoms with E-state index in [2.05, 4.69) is 10.6 Å². The third-order valence-corrected chi connectivity index (χ3v) is 4.92. The minimum absolute atomic E-state index is 0.0566. The van der Waals surface area contributed by atoms with E-state index in [-0.39, 0.29) is 24.2 Å². The van der Waals surface area contributed by atoms with Crippen LogP contribution in [-0.4, -0.2) is 40.4 Å². The van der Waals surface area contributed by atoms with Gasteiger partial charge in [0.1, 0.15) is 17.9 Å². The van der Waals surface area contributed by atoms with Crippen LogP contribution in [0.1, 0.15) is 29.2 Å². The molecule has 2 aliphatic rings. The summed E-state index contributed by atoms with van der Waals surface area (Å²) in [4.78, 5) is 26.8. The number of carbonyl (C=O) groups excluding carboxylic acids is 2. The van der Waals surface area contributed by atoms with Crippen molar-refractivity contribution in [2.75, 3.05) is 23.7 Å². The molecule has 3 N–H and O–H groups in total. The number of fused-ring (bicyclic) bond motifs is 1. The van der Waals surface area contributed by atoms with Gasteiger partial charge in [-0.15, -0.1) is 0 Å². The molecule has 2 aromatic rings. The second kappa shape index (κ2) is 5.93. The second-order valence-corrected chi connectivity index (χ2v) is 6.42. The maximum atomic E-state index is 12.6. The van der Waals surface area contributed by atoms with Crippen LogP contribution in [-0.2, 0) is 11.4 Å². The number of nitrogens with zero attached hydrogens (tertiary/aromatic N) is 1. The van der Waals surface area contributed by atoms with Crippen LogP contribution in [0.5, 0.6) is 0 Å². The van der Waals surface area contributed by atoms with Gasteiger partial charge in [0, 0.05) is 13.1 Å². The smallest absolute Gasteiger partial charge is 0.289 e. The maximum Gasteiger partial charge on any atom is 0.289 e. The Hall–Kier alpha value is -2.80. The number of benzene rings is 1. The van der Waals surface area contributed by atoms with E-state index in [9.17, 15) is 9.59 Å². The van der Waals surface area contributed by atoms with Crippen LogP contribution in [0.3, 0.4) is 0 Å². The van der Waals surface area contributed by atoms with E-state index in [0.717, 1.165) is 11.4 Å². The van der Waals surface area contributed by atoms with Crippen LogP contribution in [0.2, 0.25) is 0 Å². The highest BCUT2D eigenvalue weighted by molar-refractivity contribution is 6.06. The van der Waals surface area contributed by atoms with Gasteiger partial charge in [-0.2, -0.15) is 0 Å². The first kappa shape index (κ1) is 15.7. The van der Waals surface area contributed by atoms with Crippen molar-refractivity contribution in [1.82, 2.24) is 4.90 Å². The molecule has 4 rings (SSSR count). The molecule has 1 saturated heterocycles. The largest absolute Gasteiger partial charge is 0.453 e. The van der Waals surface area contributed by atoms with Crippen LogP contribution in [0, 0.1) is 0 Å². The van der Waals surface area contributed by atoms with Crippen molar-refractivity contribution >= 4 is 23.2 Å². The Balaban J connectivity index is 1.48. The summed E-state index contributed by atoms with van der Waals surface area (Å²) in [6.07, 6.45) is 1.04. The van der Waals surface area contributed by atoms with Gasteiger partial charge in [0.2, 0.25) is 5.91 Å². The number of furan rings is 1. The SMILES string of the molecule is O=C(c1ccc(CO)o1)N1CCC2(CC1)Nc1ccccc1NC2=O. The average molecular weight is 341 g/mol.